The Morgan fingerprint density at radius 1 is 1.40 bits per heavy atom. The fraction of sp³-hybridized carbons (Fsp3) is 0.462. The molecule has 0 aromatic heterocycles. The molecule has 0 heterocycles. The Hall–Kier alpha value is -1.33. The summed E-state index contributed by atoms with van der Waals surface area (Å²) in [6, 6.07) is 8.64. The number of nitriles is 1. The smallest absolute Gasteiger partial charge is 0.0843 e. The van der Waals surface area contributed by atoms with Gasteiger partial charge in [-0.1, -0.05) is 32.0 Å². The second-order valence-corrected chi connectivity index (χ2v) is 4.10. The number of benzene rings is 1. The minimum absolute atomic E-state index is 0.408. The molecule has 0 unspecified atom stereocenters. The van der Waals surface area contributed by atoms with Crippen molar-refractivity contribution in [3.8, 4) is 6.07 Å². The zero-order valence-corrected chi connectivity index (χ0v) is 9.67. The molecule has 0 saturated heterocycles. The van der Waals surface area contributed by atoms with Crippen molar-refractivity contribution in [2.75, 3.05) is 6.54 Å². The first-order valence-corrected chi connectivity index (χ1v) is 5.32. The normalized spacial score (nSPS) is 10.3. The number of hydrogen-bond donors (Lipinski definition) is 1. The van der Waals surface area contributed by atoms with Gasteiger partial charge in [0, 0.05) is 6.54 Å². The summed E-state index contributed by atoms with van der Waals surface area (Å²) in [6.07, 6.45) is 0. The van der Waals surface area contributed by atoms with Crippen molar-refractivity contribution >= 4 is 0 Å². The highest BCUT2D eigenvalue weighted by molar-refractivity contribution is 5.32. The molecule has 0 radical (unpaired) electrons. The van der Waals surface area contributed by atoms with E-state index >= 15 is 0 Å². The van der Waals surface area contributed by atoms with Gasteiger partial charge in [0.05, 0.1) is 12.6 Å². The molecule has 0 spiro atoms. The molecule has 0 saturated carbocycles. The standard InChI is InChI=1S/C13H18N2/c1-10(2)12-5-4-11(3)13(8-12)9-15-7-6-14/h4-5,8,10,15H,7,9H2,1-3H3. The molecule has 1 aromatic carbocycles. The van der Waals surface area contributed by atoms with E-state index in [1.165, 1.54) is 16.7 Å². The van der Waals surface area contributed by atoms with Crippen molar-refractivity contribution < 1.29 is 0 Å². The number of rotatable bonds is 4. The van der Waals surface area contributed by atoms with E-state index in [4.69, 9.17) is 5.26 Å². The summed E-state index contributed by atoms with van der Waals surface area (Å²) >= 11 is 0. The second-order valence-electron chi connectivity index (χ2n) is 4.10. The minimum Gasteiger partial charge on any atom is -0.300 e. The van der Waals surface area contributed by atoms with Crippen LogP contribution in [-0.2, 0) is 6.54 Å². The zero-order valence-electron chi connectivity index (χ0n) is 9.67. The van der Waals surface area contributed by atoms with Crippen LogP contribution < -0.4 is 5.32 Å². The Balaban J connectivity index is 2.77. The first-order chi connectivity index (χ1) is 7.15. The molecule has 0 aliphatic heterocycles. The maximum Gasteiger partial charge on any atom is 0.0843 e. The SMILES string of the molecule is Cc1ccc(C(C)C)cc1CNCC#N. The zero-order chi connectivity index (χ0) is 11.3. The average Bonchev–Trinajstić information content (AvgIpc) is 2.20. The van der Waals surface area contributed by atoms with Crippen molar-refractivity contribution in [3.63, 3.8) is 0 Å². The van der Waals surface area contributed by atoms with Crippen molar-refractivity contribution in [2.45, 2.75) is 33.2 Å². The van der Waals surface area contributed by atoms with Gasteiger partial charge in [0.2, 0.25) is 0 Å². The van der Waals surface area contributed by atoms with Crippen molar-refractivity contribution in [1.82, 2.24) is 5.32 Å². The van der Waals surface area contributed by atoms with Crippen LogP contribution in [0.25, 0.3) is 0 Å². The fourth-order valence-electron chi connectivity index (χ4n) is 1.49. The second kappa shape index (κ2) is 5.53. The van der Waals surface area contributed by atoms with Crippen LogP contribution >= 0.6 is 0 Å². The topological polar surface area (TPSA) is 35.8 Å². The Morgan fingerprint density at radius 3 is 2.73 bits per heavy atom. The molecule has 0 fully saturated rings. The van der Waals surface area contributed by atoms with Crippen molar-refractivity contribution in [3.05, 3.63) is 34.9 Å². The van der Waals surface area contributed by atoms with E-state index in [0.717, 1.165) is 6.54 Å². The van der Waals surface area contributed by atoms with Gasteiger partial charge in [-0.25, -0.2) is 0 Å². The highest BCUT2D eigenvalue weighted by Gasteiger charge is 2.03. The van der Waals surface area contributed by atoms with Gasteiger partial charge < -0.3 is 5.32 Å². The van der Waals surface area contributed by atoms with Gasteiger partial charge >= 0.3 is 0 Å². The van der Waals surface area contributed by atoms with Crippen LogP contribution in [0.2, 0.25) is 0 Å². The lowest BCUT2D eigenvalue weighted by Crippen LogP contribution is -2.14. The Bertz CT molecular complexity index is 361. The van der Waals surface area contributed by atoms with Crippen LogP contribution in [0.3, 0.4) is 0 Å². The molecule has 1 aromatic rings. The lowest BCUT2D eigenvalue weighted by Gasteiger charge is -2.11. The molecular weight excluding hydrogens is 184 g/mol. The van der Waals surface area contributed by atoms with Crippen LogP contribution in [-0.4, -0.2) is 6.54 Å². The number of nitrogens with one attached hydrogen (secondary N) is 1. The third kappa shape index (κ3) is 3.38. The summed E-state index contributed by atoms with van der Waals surface area (Å²) in [4.78, 5) is 0. The molecule has 1 rings (SSSR count). The van der Waals surface area contributed by atoms with Crippen LogP contribution in [0.1, 0.15) is 36.5 Å². The van der Waals surface area contributed by atoms with Gasteiger partial charge in [0.25, 0.3) is 0 Å². The van der Waals surface area contributed by atoms with Gasteiger partial charge in [-0.3, -0.25) is 0 Å². The maximum absolute atomic E-state index is 8.44. The van der Waals surface area contributed by atoms with Crippen LogP contribution in [0, 0.1) is 18.3 Å². The third-order valence-corrected chi connectivity index (χ3v) is 2.56. The van der Waals surface area contributed by atoms with E-state index < -0.39 is 0 Å². The molecule has 1 N–H and O–H groups in total. The summed E-state index contributed by atoms with van der Waals surface area (Å²) in [5, 5.41) is 11.5. The molecule has 80 valence electrons. The number of hydrogen-bond acceptors (Lipinski definition) is 2. The maximum atomic E-state index is 8.44. The van der Waals surface area contributed by atoms with Gasteiger partial charge in [-0.15, -0.1) is 0 Å². The molecule has 2 nitrogen and oxygen atoms in total. The Kier molecular flexibility index (Phi) is 4.33. The number of nitrogens with zero attached hydrogens (tertiary/aromatic N) is 1. The molecule has 2 heteroatoms. The minimum atomic E-state index is 0.408. The molecule has 0 amide bonds. The molecule has 0 atom stereocenters. The molecule has 15 heavy (non-hydrogen) atoms. The molecular formula is C13H18N2. The van der Waals surface area contributed by atoms with E-state index in [-0.39, 0.29) is 0 Å². The van der Waals surface area contributed by atoms with Crippen LogP contribution in [0.5, 0.6) is 0 Å². The molecule has 0 aliphatic rings. The highest BCUT2D eigenvalue weighted by Crippen LogP contribution is 2.18. The lowest BCUT2D eigenvalue weighted by atomic mass is 9.98. The largest absolute Gasteiger partial charge is 0.300 e. The lowest BCUT2D eigenvalue weighted by molar-refractivity contribution is 0.756. The van der Waals surface area contributed by atoms with Crippen LogP contribution in [0.15, 0.2) is 18.2 Å². The van der Waals surface area contributed by atoms with Crippen molar-refractivity contribution in [2.24, 2.45) is 0 Å². The van der Waals surface area contributed by atoms with Gasteiger partial charge in [-0.2, -0.15) is 5.26 Å². The van der Waals surface area contributed by atoms with Crippen LogP contribution in [0.4, 0.5) is 0 Å². The third-order valence-electron chi connectivity index (χ3n) is 2.56. The summed E-state index contributed by atoms with van der Waals surface area (Å²) in [5.74, 6) is 0.556. The first kappa shape index (κ1) is 11.7. The predicted octanol–water partition coefficient (Wildman–Crippen LogP) is 2.73. The van der Waals surface area contributed by atoms with E-state index in [1.54, 1.807) is 0 Å². The fourth-order valence-corrected chi connectivity index (χ4v) is 1.49. The average molecular weight is 202 g/mol. The summed E-state index contributed by atoms with van der Waals surface area (Å²) in [6.45, 7) is 7.67. The highest BCUT2D eigenvalue weighted by atomic mass is 14.8. The molecule has 0 aliphatic carbocycles. The van der Waals surface area contributed by atoms with Gasteiger partial charge in [0.15, 0.2) is 0 Å². The van der Waals surface area contributed by atoms with Gasteiger partial charge in [0.1, 0.15) is 0 Å². The van der Waals surface area contributed by atoms with Crippen molar-refractivity contribution in [1.29, 1.82) is 5.26 Å². The first-order valence-electron chi connectivity index (χ1n) is 5.32. The quantitative estimate of drug-likeness (QED) is 0.602. The number of aryl methyl sites for hydroxylation is 1. The van der Waals surface area contributed by atoms with E-state index in [9.17, 15) is 0 Å². The van der Waals surface area contributed by atoms with E-state index in [0.29, 0.717) is 12.5 Å². The summed E-state index contributed by atoms with van der Waals surface area (Å²) < 4.78 is 0. The van der Waals surface area contributed by atoms with E-state index in [2.05, 4.69) is 50.4 Å². The summed E-state index contributed by atoms with van der Waals surface area (Å²) in [7, 11) is 0. The van der Waals surface area contributed by atoms with Gasteiger partial charge in [-0.05, 0) is 29.5 Å². The monoisotopic (exact) mass is 202 g/mol. The molecule has 0 bridgehead atoms. The van der Waals surface area contributed by atoms with E-state index in [1.807, 2.05) is 0 Å². The summed E-state index contributed by atoms with van der Waals surface area (Å²) in [5.41, 5.74) is 3.93. The predicted molar refractivity (Wildman–Crippen MR) is 62.6 cm³/mol. The Morgan fingerprint density at radius 2 is 2.13 bits per heavy atom. The Labute approximate surface area is 91.9 Å².